The molecule has 22 heavy (non-hydrogen) atoms. The standard InChI is InChI=1S/C22H44/c1-8-15-21(5,6)19(10-3)14-13-18(4)20-12-11-17-22(20,7)16-9-2/h18-20H,8-17H2,1-7H3. The van der Waals surface area contributed by atoms with Crippen LogP contribution in [0.25, 0.3) is 0 Å². The lowest BCUT2D eigenvalue weighted by molar-refractivity contribution is 0.119. The minimum Gasteiger partial charge on any atom is -0.0654 e. The van der Waals surface area contributed by atoms with E-state index in [1.54, 1.807) is 0 Å². The van der Waals surface area contributed by atoms with E-state index in [0.717, 1.165) is 17.8 Å². The third-order valence-electron chi connectivity index (χ3n) is 7.13. The topological polar surface area (TPSA) is 0 Å². The van der Waals surface area contributed by atoms with Crippen LogP contribution in [-0.4, -0.2) is 0 Å². The average molecular weight is 309 g/mol. The highest BCUT2D eigenvalue weighted by molar-refractivity contribution is 4.91. The lowest BCUT2D eigenvalue weighted by Gasteiger charge is -2.38. The average Bonchev–Trinajstić information content (AvgIpc) is 2.81. The summed E-state index contributed by atoms with van der Waals surface area (Å²) in [5.74, 6) is 2.82. The van der Waals surface area contributed by atoms with Gasteiger partial charge in [-0.1, -0.05) is 80.6 Å². The van der Waals surface area contributed by atoms with E-state index in [1.807, 2.05) is 0 Å². The quantitative estimate of drug-likeness (QED) is 0.385. The number of rotatable bonds is 10. The summed E-state index contributed by atoms with van der Waals surface area (Å²) in [5.41, 5.74) is 1.18. The molecule has 1 rings (SSSR count). The Balaban J connectivity index is 2.58. The van der Waals surface area contributed by atoms with Crippen molar-refractivity contribution in [2.45, 2.75) is 113 Å². The molecule has 0 radical (unpaired) electrons. The van der Waals surface area contributed by atoms with E-state index in [2.05, 4.69) is 48.5 Å². The fraction of sp³-hybridized carbons (Fsp3) is 1.00. The van der Waals surface area contributed by atoms with Crippen molar-refractivity contribution < 1.29 is 0 Å². The van der Waals surface area contributed by atoms with Gasteiger partial charge >= 0.3 is 0 Å². The van der Waals surface area contributed by atoms with Crippen molar-refractivity contribution in [1.82, 2.24) is 0 Å². The third-order valence-corrected chi connectivity index (χ3v) is 7.13. The molecule has 132 valence electrons. The summed E-state index contributed by atoms with van der Waals surface area (Å²) in [6.07, 6.45) is 14.2. The molecule has 0 saturated heterocycles. The first-order valence-corrected chi connectivity index (χ1v) is 10.3. The van der Waals surface area contributed by atoms with Crippen LogP contribution in [0.4, 0.5) is 0 Å². The van der Waals surface area contributed by atoms with Crippen molar-refractivity contribution in [1.29, 1.82) is 0 Å². The summed E-state index contributed by atoms with van der Waals surface area (Å²) in [5, 5.41) is 0. The van der Waals surface area contributed by atoms with E-state index in [0.29, 0.717) is 10.8 Å². The molecule has 4 atom stereocenters. The number of hydrogen-bond donors (Lipinski definition) is 0. The van der Waals surface area contributed by atoms with Crippen LogP contribution >= 0.6 is 0 Å². The molecular weight excluding hydrogens is 264 g/mol. The van der Waals surface area contributed by atoms with Crippen molar-refractivity contribution in [3.05, 3.63) is 0 Å². The Hall–Kier alpha value is 0. The van der Waals surface area contributed by atoms with Gasteiger partial charge in [0.2, 0.25) is 0 Å². The minimum atomic E-state index is 0.533. The molecule has 0 aliphatic heterocycles. The fourth-order valence-corrected chi connectivity index (χ4v) is 5.77. The maximum absolute atomic E-state index is 2.59. The highest BCUT2D eigenvalue weighted by Gasteiger charge is 2.40. The Kier molecular flexibility index (Phi) is 7.96. The van der Waals surface area contributed by atoms with Gasteiger partial charge in [-0.05, 0) is 60.7 Å². The van der Waals surface area contributed by atoms with Crippen molar-refractivity contribution in [3.63, 3.8) is 0 Å². The first-order valence-electron chi connectivity index (χ1n) is 10.3. The largest absolute Gasteiger partial charge is 0.0654 e. The molecule has 0 aromatic rings. The van der Waals surface area contributed by atoms with Crippen LogP contribution in [0.15, 0.2) is 0 Å². The summed E-state index contributed by atoms with van der Waals surface area (Å²) < 4.78 is 0. The minimum absolute atomic E-state index is 0.533. The zero-order valence-corrected chi connectivity index (χ0v) is 16.8. The highest BCUT2D eigenvalue weighted by atomic mass is 14.5. The van der Waals surface area contributed by atoms with Crippen molar-refractivity contribution in [3.8, 4) is 0 Å². The Morgan fingerprint density at radius 2 is 1.77 bits per heavy atom. The maximum Gasteiger partial charge on any atom is -0.0295 e. The Morgan fingerprint density at radius 3 is 2.32 bits per heavy atom. The van der Waals surface area contributed by atoms with Crippen LogP contribution in [0, 0.1) is 28.6 Å². The second kappa shape index (κ2) is 8.74. The van der Waals surface area contributed by atoms with Gasteiger partial charge in [0.05, 0.1) is 0 Å². The molecule has 1 saturated carbocycles. The summed E-state index contributed by atoms with van der Waals surface area (Å²) >= 11 is 0. The first kappa shape index (κ1) is 20.0. The fourth-order valence-electron chi connectivity index (χ4n) is 5.77. The maximum atomic E-state index is 2.59. The van der Waals surface area contributed by atoms with Gasteiger partial charge in [0, 0.05) is 0 Å². The molecule has 1 aliphatic carbocycles. The molecule has 0 spiro atoms. The van der Waals surface area contributed by atoms with Gasteiger partial charge in [0.15, 0.2) is 0 Å². The normalized spacial score (nSPS) is 28.8. The zero-order valence-electron chi connectivity index (χ0n) is 16.8. The molecule has 0 nitrogen and oxygen atoms in total. The molecule has 0 bridgehead atoms. The molecule has 0 heterocycles. The summed E-state index contributed by atoms with van der Waals surface area (Å²) in [6.45, 7) is 17.3. The van der Waals surface area contributed by atoms with E-state index in [9.17, 15) is 0 Å². The highest BCUT2D eigenvalue weighted by Crippen LogP contribution is 2.51. The van der Waals surface area contributed by atoms with E-state index in [4.69, 9.17) is 0 Å². The van der Waals surface area contributed by atoms with Gasteiger partial charge in [0.25, 0.3) is 0 Å². The molecule has 0 amide bonds. The Morgan fingerprint density at radius 1 is 1.09 bits per heavy atom. The first-order chi connectivity index (χ1) is 10.3. The molecule has 0 aromatic carbocycles. The van der Waals surface area contributed by atoms with Crippen molar-refractivity contribution in [2.75, 3.05) is 0 Å². The van der Waals surface area contributed by atoms with E-state index >= 15 is 0 Å². The predicted molar refractivity (Wildman–Crippen MR) is 101 cm³/mol. The second-order valence-corrected chi connectivity index (χ2v) is 9.30. The van der Waals surface area contributed by atoms with Gasteiger partial charge < -0.3 is 0 Å². The van der Waals surface area contributed by atoms with Crippen LogP contribution in [0.5, 0.6) is 0 Å². The van der Waals surface area contributed by atoms with Gasteiger partial charge in [-0.3, -0.25) is 0 Å². The van der Waals surface area contributed by atoms with E-state index in [1.165, 1.54) is 64.2 Å². The molecule has 4 unspecified atom stereocenters. The van der Waals surface area contributed by atoms with Gasteiger partial charge in [-0.15, -0.1) is 0 Å². The molecular formula is C22H44. The Bertz CT molecular complexity index is 303. The molecule has 0 N–H and O–H groups in total. The number of hydrogen-bond acceptors (Lipinski definition) is 0. The van der Waals surface area contributed by atoms with Crippen LogP contribution in [0.3, 0.4) is 0 Å². The van der Waals surface area contributed by atoms with Crippen LogP contribution in [-0.2, 0) is 0 Å². The van der Waals surface area contributed by atoms with Crippen LogP contribution < -0.4 is 0 Å². The molecule has 0 heteroatoms. The SMILES string of the molecule is CCCC(C)(C)C(CC)CCC(C)C1CCCC1(C)CCC. The van der Waals surface area contributed by atoms with Crippen LogP contribution in [0.2, 0.25) is 0 Å². The van der Waals surface area contributed by atoms with Crippen molar-refractivity contribution in [2.24, 2.45) is 28.6 Å². The van der Waals surface area contributed by atoms with Crippen molar-refractivity contribution >= 4 is 0 Å². The van der Waals surface area contributed by atoms with Crippen LogP contribution in [0.1, 0.15) is 113 Å². The molecule has 1 aliphatic rings. The lowest BCUT2D eigenvalue weighted by Crippen LogP contribution is -2.29. The monoisotopic (exact) mass is 308 g/mol. The zero-order chi connectivity index (χ0) is 16.8. The summed E-state index contributed by atoms with van der Waals surface area (Å²) in [4.78, 5) is 0. The molecule has 1 fully saturated rings. The van der Waals surface area contributed by atoms with Gasteiger partial charge in [0.1, 0.15) is 0 Å². The lowest BCUT2D eigenvalue weighted by atomic mass is 9.67. The van der Waals surface area contributed by atoms with E-state index in [-0.39, 0.29) is 0 Å². The van der Waals surface area contributed by atoms with E-state index < -0.39 is 0 Å². The molecule has 0 aromatic heterocycles. The summed E-state index contributed by atoms with van der Waals surface area (Å²) in [7, 11) is 0. The summed E-state index contributed by atoms with van der Waals surface area (Å²) in [6, 6.07) is 0. The second-order valence-electron chi connectivity index (χ2n) is 9.30. The third kappa shape index (κ3) is 5.00. The Labute approximate surface area is 141 Å². The smallest absolute Gasteiger partial charge is 0.0295 e. The van der Waals surface area contributed by atoms with Gasteiger partial charge in [-0.25, -0.2) is 0 Å². The van der Waals surface area contributed by atoms with Gasteiger partial charge in [-0.2, -0.15) is 0 Å². The predicted octanol–water partition coefficient (Wildman–Crippen LogP) is 7.86.